The van der Waals surface area contributed by atoms with E-state index in [0.29, 0.717) is 32.8 Å². The van der Waals surface area contributed by atoms with E-state index in [1.807, 2.05) is 4.90 Å². The standard InChI is InChI=1S/C10H14BrN3O3/c11-8-5-12-14(6-8)7-9(10(15)16)13-1-3-17-4-2-13/h5-6,9H,1-4,7H2,(H,15,16). The van der Waals surface area contributed by atoms with Gasteiger partial charge in [0.25, 0.3) is 0 Å². The van der Waals surface area contributed by atoms with Gasteiger partial charge in [-0.05, 0) is 15.9 Å². The largest absolute Gasteiger partial charge is 0.480 e. The first-order chi connectivity index (χ1) is 8.16. The zero-order valence-electron chi connectivity index (χ0n) is 9.25. The molecule has 1 saturated heterocycles. The summed E-state index contributed by atoms with van der Waals surface area (Å²) in [4.78, 5) is 13.2. The van der Waals surface area contributed by atoms with Crippen molar-refractivity contribution in [2.24, 2.45) is 0 Å². The van der Waals surface area contributed by atoms with Crippen LogP contribution in [0.1, 0.15) is 0 Å². The first kappa shape index (κ1) is 12.5. The van der Waals surface area contributed by atoms with E-state index >= 15 is 0 Å². The van der Waals surface area contributed by atoms with Crippen LogP contribution in [0.5, 0.6) is 0 Å². The Bertz CT molecular complexity index is 390. The maximum absolute atomic E-state index is 11.3. The molecule has 6 nitrogen and oxygen atoms in total. The van der Waals surface area contributed by atoms with Gasteiger partial charge in [0.15, 0.2) is 0 Å². The van der Waals surface area contributed by atoms with Crippen LogP contribution < -0.4 is 0 Å². The minimum atomic E-state index is -0.821. The maximum Gasteiger partial charge on any atom is 0.322 e. The van der Waals surface area contributed by atoms with E-state index in [4.69, 9.17) is 4.74 Å². The van der Waals surface area contributed by atoms with E-state index in [2.05, 4.69) is 21.0 Å². The number of hydrogen-bond donors (Lipinski definition) is 1. The summed E-state index contributed by atoms with van der Waals surface area (Å²) < 4.78 is 7.71. The third kappa shape index (κ3) is 3.27. The summed E-state index contributed by atoms with van der Waals surface area (Å²) in [5.41, 5.74) is 0. The molecule has 1 atom stereocenters. The van der Waals surface area contributed by atoms with Gasteiger partial charge in [-0.2, -0.15) is 5.10 Å². The molecule has 0 radical (unpaired) electrons. The van der Waals surface area contributed by atoms with Gasteiger partial charge in [-0.1, -0.05) is 0 Å². The van der Waals surface area contributed by atoms with Crippen molar-refractivity contribution < 1.29 is 14.6 Å². The second kappa shape index (κ2) is 5.61. The number of morpholine rings is 1. The Balaban J connectivity index is 2.03. The highest BCUT2D eigenvalue weighted by atomic mass is 79.9. The molecule has 0 spiro atoms. The Kier molecular flexibility index (Phi) is 4.14. The van der Waals surface area contributed by atoms with Crippen LogP contribution in [0.25, 0.3) is 0 Å². The third-order valence-electron chi connectivity index (χ3n) is 2.73. The molecular weight excluding hydrogens is 290 g/mol. The second-order valence-electron chi connectivity index (χ2n) is 3.88. The molecule has 1 aliphatic rings. The van der Waals surface area contributed by atoms with Gasteiger partial charge in [-0.3, -0.25) is 14.4 Å². The number of carbonyl (C=O) groups is 1. The number of halogens is 1. The molecule has 1 aromatic heterocycles. The number of aromatic nitrogens is 2. The first-order valence-electron chi connectivity index (χ1n) is 5.39. The van der Waals surface area contributed by atoms with Gasteiger partial charge < -0.3 is 9.84 Å². The first-order valence-corrected chi connectivity index (χ1v) is 6.18. The minimum absolute atomic E-state index is 0.348. The highest BCUT2D eigenvalue weighted by Gasteiger charge is 2.27. The molecule has 0 amide bonds. The summed E-state index contributed by atoms with van der Waals surface area (Å²) in [6.07, 6.45) is 3.43. The molecule has 0 aliphatic carbocycles. The monoisotopic (exact) mass is 303 g/mol. The fourth-order valence-electron chi connectivity index (χ4n) is 1.85. The predicted octanol–water partition coefficient (Wildman–Crippen LogP) is 0.431. The molecule has 2 rings (SSSR count). The molecular formula is C10H14BrN3O3. The Labute approximate surface area is 107 Å². The van der Waals surface area contributed by atoms with Crippen molar-refractivity contribution in [3.05, 3.63) is 16.9 Å². The summed E-state index contributed by atoms with van der Waals surface area (Å²) in [6, 6.07) is -0.550. The number of rotatable bonds is 4. The van der Waals surface area contributed by atoms with Crippen molar-refractivity contribution in [1.82, 2.24) is 14.7 Å². The molecule has 1 N–H and O–H groups in total. The summed E-state index contributed by atoms with van der Waals surface area (Å²) in [5.74, 6) is -0.821. The molecule has 94 valence electrons. The predicted molar refractivity (Wildman–Crippen MR) is 63.7 cm³/mol. The van der Waals surface area contributed by atoms with Crippen LogP contribution in [0.3, 0.4) is 0 Å². The molecule has 1 aliphatic heterocycles. The topological polar surface area (TPSA) is 67.6 Å². The fraction of sp³-hybridized carbons (Fsp3) is 0.600. The number of aliphatic carboxylic acids is 1. The van der Waals surface area contributed by atoms with Crippen LogP contribution in [-0.2, 0) is 16.1 Å². The summed E-state index contributed by atoms with van der Waals surface area (Å²) >= 11 is 3.29. The van der Waals surface area contributed by atoms with Gasteiger partial charge in [0, 0.05) is 19.3 Å². The molecule has 0 saturated carbocycles. The highest BCUT2D eigenvalue weighted by Crippen LogP contribution is 2.10. The Hall–Kier alpha value is -0.920. The van der Waals surface area contributed by atoms with Gasteiger partial charge in [-0.25, -0.2) is 0 Å². The van der Waals surface area contributed by atoms with Gasteiger partial charge >= 0.3 is 5.97 Å². The average molecular weight is 304 g/mol. The lowest BCUT2D eigenvalue weighted by atomic mass is 10.2. The number of carboxylic acids is 1. The molecule has 1 aromatic rings. The van der Waals surface area contributed by atoms with E-state index in [0.717, 1.165) is 4.47 Å². The molecule has 7 heteroatoms. The zero-order chi connectivity index (χ0) is 12.3. The fourth-order valence-corrected chi connectivity index (χ4v) is 2.18. The van der Waals surface area contributed by atoms with E-state index < -0.39 is 12.0 Å². The van der Waals surface area contributed by atoms with Crippen LogP contribution >= 0.6 is 15.9 Å². The SMILES string of the molecule is O=C(O)C(Cn1cc(Br)cn1)N1CCOCC1. The van der Waals surface area contributed by atoms with Crippen LogP contribution in [0.2, 0.25) is 0 Å². The van der Waals surface area contributed by atoms with E-state index in [1.54, 1.807) is 17.1 Å². The van der Waals surface area contributed by atoms with Crippen molar-refractivity contribution in [2.45, 2.75) is 12.6 Å². The summed E-state index contributed by atoms with van der Waals surface area (Å²) in [5, 5.41) is 13.3. The van der Waals surface area contributed by atoms with Crippen molar-refractivity contribution in [3.63, 3.8) is 0 Å². The zero-order valence-corrected chi connectivity index (χ0v) is 10.8. The highest BCUT2D eigenvalue weighted by molar-refractivity contribution is 9.10. The molecule has 1 unspecified atom stereocenters. The quantitative estimate of drug-likeness (QED) is 0.874. The Morgan fingerprint density at radius 3 is 2.82 bits per heavy atom. The molecule has 0 bridgehead atoms. The lowest BCUT2D eigenvalue weighted by Gasteiger charge is -2.31. The van der Waals surface area contributed by atoms with Gasteiger partial charge in [0.1, 0.15) is 6.04 Å². The van der Waals surface area contributed by atoms with Crippen molar-refractivity contribution >= 4 is 21.9 Å². The summed E-state index contributed by atoms with van der Waals surface area (Å²) in [6.45, 7) is 2.83. The third-order valence-corrected chi connectivity index (χ3v) is 3.14. The van der Waals surface area contributed by atoms with Crippen molar-refractivity contribution in [1.29, 1.82) is 0 Å². The number of nitrogens with zero attached hydrogens (tertiary/aromatic N) is 3. The Morgan fingerprint density at radius 2 is 2.29 bits per heavy atom. The second-order valence-corrected chi connectivity index (χ2v) is 4.80. The van der Waals surface area contributed by atoms with Crippen LogP contribution in [0, 0.1) is 0 Å². The molecule has 1 fully saturated rings. The van der Waals surface area contributed by atoms with Gasteiger partial charge in [0.05, 0.1) is 30.4 Å². The van der Waals surface area contributed by atoms with Crippen LogP contribution in [0.4, 0.5) is 0 Å². The number of carboxylic acid groups (broad SMARTS) is 1. The van der Waals surface area contributed by atoms with Crippen molar-refractivity contribution in [3.8, 4) is 0 Å². The normalized spacial score (nSPS) is 19.1. The number of ether oxygens (including phenoxy) is 1. The van der Waals surface area contributed by atoms with Gasteiger partial charge in [-0.15, -0.1) is 0 Å². The molecule has 2 heterocycles. The molecule has 17 heavy (non-hydrogen) atoms. The Morgan fingerprint density at radius 1 is 1.59 bits per heavy atom. The lowest BCUT2D eigenvalue weighted by molar-refractivity contribution is -0.145. The molecule has 0 aromatic carbocycles. The smallest absolute Gasteiger partial charge is 0.322 e. The lowest BCUT2D eigenvalue weighted by Crippen LogP contribution is -2.49. The van der Waals surface area contributed by atoms with E-state index in [9.17, 15) is 9.90 Å². The maximum atomic E-state index is 11.3. The van der Waals surface area contributed by atoms with E-state index in [1.165, 1.54) is 0 Å². The van der Waals surface area contributed by atoms with E-state index in [-0.39, 0.29) is 0 Å². The minimum Gasteiger partial charge on any atom is -0.480 e. The van der Waals surface area contributed by atoms with Gasteiger partial charge in [0.2, 0.25) is 0 Å². The summed E-state index contributed by atoms with van der Waals surface area (Å²) in [7, 11) is 0. The van der Waals surface area contributed by atoms with Crippen LogP contribution in [0.15, 0.2) is 16.9 Å². The van der Waals surface area contributed by atoms with Crippen molar-refractivity contribution in [2.75, 3.05) is 26.3 Å². The average Bonchev–Trinajstić information content (AvgIpc) is 2.73. The van der Waals surface area contributed by atoms with Crippen LogP contribution in [-0.4, -0.2) is 58.1 Å². The number of hydrogen-bond acceptors (Lipinski definition) is 4.